The van der Waals surface area contributed by atoms with Gasteiger partial charge in [0.1, 0.15) is 12.6 Å². The molecule has 0 bridgehead atoms. The molecule has 0 heterocycles. The van der Waals surface area contributed by atoms with Crippen LogP contribution in [0.2, 0.25) is 10.0 Å². The van der Waals surface area contributed by atoms with E-state index in [-0.39, 0.29) is 39.5 Å². The lowest BCUT2D eigenvalue weighted by atomic mass is 10.0. The summed E-state index contributed by atoms with van der Waals surface area (Å²) in [6.45, 7) is 7.04. The molecule has 10 heteroatoms. The zero-order chi connectivity index (χ0) is 32.8. The van der Waals surface area contributed by atoms with E-state index in [9.17, 15) is 18.0 Å². The van der Waals surface area contributed by atoms with Gasteiger partial charge >= 0.3 is 0 Å². The number of halogens is 2. The molecular weight excluding hydrogens is 629 g/mol. The fraction of sp³-hybridized carbons (Fsp3) is 0.257. The maximum absolute atomic E-state index is 14.5. The Morgan fingerprint density at radius 2 is 1.36 bits per heavy atom. The number of amides is 2. The van der Waals surface area contributed by atoms with Crippen molar-refractivity contribution in [3.8, 4) is 0 Å². The summed E-state index contributed by atoms with van der Waals surface area (Å²) in [5.74, 6) is -0.925. The van der Waals surface area contributed by atoms with Crippen LogP contribution in [-0.4, -0.2) is 43.3 Å². The minimum Gasteiger partial charge on any atom is -0.350 e. The molecule has 0 fully saturated rings. The quantitative estimate of drug-likeness (QED) is 0.186. The largest absolute Gasteiger partial charge is 0.350 e. The fourth-order valence-corrected chi connectivity index (χ4v) is 6.76. The van der Waals surface area contributed by atoms with Gasteiger partial charge in [-0.25, -0.2) is 8.42 Å². The molecule has 0 saturated carbocycles. The summed E-state index contributed by atoms with van der Waals surface area (Å²) < 4.78 is 29.2. The van der Waals surface area contributed by atoms with Crippen LogP contribution in [0.1, 0.15) is 37.5 Å². The van der Waals surface area contributed by atoms with Crippen LogP contribution in [-0.2, 0) is 32.6 Å². The van der Waals surface area contributed by atoms with Crippen LogP contribution in [0.4, 0.5) is 5.69 Å². The second kappa shape index (κ2) is 14.5. The Kier molecular flexibility index (Phi) is 11.0. The number of carbonyl (C=O) groups excluding carboxylic acids is 2. The van der Waals surface area contributed by atoms with E-state index in [1.54, 1.807) is 18.2 Å². The number of nitrogens with one attached hydrogen (secondary N) is 1. The molecule has 1 atom stereocenters. The Balaban J connectivity index is 1.83. The maximum Gasteiger partial charge on any atom is 0.264 e. The standard InChI is InChI=1S/C35H37Cl2N3O4S/c1-25-15-17-27(18-16-25)23-39(32(34(42)38-35(2,3)4)19-26-11-7-5-8-12-26)33(41)24-40(30-21-28(36)20-29(37)22-30)45(43,44)31-13-9-6-10-14-31/h5-18,20-22,32H,19,23-24H2,1-4H3,(H,38,42)/t32-/m1/s1. The molecule has 0 spiro atoms. The van der Waals surface area contributed by atoms with E-state index in [0.29, 0.717) is 0 Å². The van der Waals surface area contributed by atoms with E-state index in [4.69, 9.17) is 23.2 Å². The first-order valence-electron chi connectivity index (χ1n) is 14.5. The predicted molar refractivity (Wildman–Crippen MR) is 181 cm³/mol. The number of rotatable bonds is 11. The van der Waals surface area contributed by atoms with Crippen molar-refractivity contribution < 1.29 is 18.0 Å². The molecule has 0 aliphatic carbocycles. The van der Waals surface area contributed by atoms with Gasteiger partial charge in [0.2, 0.25) is 11.8 Å². The number of carbonyl (C=O) groups is 2. The van der Waals surface area contributed by atoms with E-state index in [1.165, 1.54) is 35.2 Å². The average Bonchev–Trinajstić information content (AvgIpc) is 2.98. The molecule has 4 aromatic carbocycles. The number of hydrogen-bond donors (Lipinski definition) is 1. The first-order chi connectivity index (χ1) is 21.2. The SMILES string of the molecule is Cc1ccc(CN(C(=O)CN(c2cc(Cl)cc(Cl)c2)S(=O)(=O)c2ccccc2)[C@H](Cc2ccccc2)C(=O)NC(C)(C)C)cc1. The van der Waals surface area contributed by atoms with Crippen molar-refractivity contribution in [1.29, 1.82) is 0 Å². The predicted octanol–water partition coefficient (Wildman–Crippen LogP) is 7.05. The molecule has 0 aliphatic rings. The highest BCUT2D eigenvalue weighted by molar-refractivity contribution is 7.92. The zero-order valence-electron chi connectivity index (χ0n) is 25.7. The van der Waals surface area contributed by atoms with Gasteiger partial charge in [0.25, 0.3) is 10.0 Å². The number of nitrogens with zero attached hydrogens (tertiary/aromatic N) is 2. The van der Waals surface area contributed by atoms with Gasteiger partial charge in [-0.15, -0.1) is 0 Å². The summed E-state index contributed by atoms with van der Waals surface area (Å²) in [6, 6.07) is 28.3. The highest BCUT2D eigenvalue weighted by Crippen LogP contribution is 2.30. The van der Waals surface area contributed by atoms with Gasteiger partial charge in [-0.05, 0) is 69.2 Å². The van der Waals surface area contributed by atoms with E-state index in [2.05, 4.69) is 5.32 Å². The first kappa shape index (κ1) is 34.0. The molecule has 0 aliphatic heterocycles. The van der Waals surface area contributed by atoms with Gasteiger partial charge < -0.3 is 10.2 Å². The molecular formula is C35H37Cl2N3O4S. The molecule has 236 valence electrons. The monoisotopic (exact) mass is 665 g/mol. The lowest BCUT2D eigenvalue weighted by molar-refractivity contribution is -0.140. The van der Waals surface area contributed by atoms with Gasteiger partial charge in [0, 0.05) is 28.5 Å². The Hall–Kier alpha value is -3.85. The number of aryl methyl sites for hydroxylation is 1. The number of anilines is 1. The number of sulfonamides is 1. The van der Waals surface area contributed by atoms with Crippen LogP contribution in [0, 0.1) is 6.92 Å². The summed E-state index contributed by atoms with van der Waals surface area (Å²) in [4.78, 5) is 29.9. The minimum absolute atomic E-state index is 0.00899. The van der Waals surface area contributed by atoms with Crippen molar-refractivity contribution in [2.24, 2.45) is 0 Å². The van der Waals surface area contributed by atoms with E-state index in [1.807, 2.05) is 82.3 Å². The zero-order valence-corrected chi connectivity index (χ0v) is 28.0. The lowest BCUT2D eigenvalue weighted by Gasteiger charge is -2.35. The van der Waals surface area contributed by atoms with Crippen LogP contribution < -0.4 is 9.62 Å². The molecule has 2 amide bonds. The van der Waals surface area contributed by atoms with Crippen LogP contribution in [0.15, 0.2) is 108 Å². The Labute approximate surface area is 275 Å². The van der Waals surface area contributed by atoms with Gasteiger partial charge in [-0.3, -0.25) is 13.9 Å². The average molecular weight is 667 g/mol. The lowest BCUT2D eigenvalue weighted by Crippen LogP contribution is -2.56. The molecule has 1 N–H and O–H groups in total. The van der Waals surface area contributed by atoms with Crippen molar-refractivity contribution in [3.63, 3.8) is 0 Å². The Morgan fingerprint density at radius 1 is 0.800 bits per heavy atom. The smallest absolute Gasteiger partial charge is 0.264 e. The molecule has 0 saturated heterocycles. The van der Waals surface area contributed by atoms with E-state index in [0.717, 1.165) is 21.0 Å². The van der Waals surface area contributed by atoms with E-state index < -0.39 is 34.1 Å². The van der Waals surface area contributed by atoms with Crippen molar-refractivity contribution >= 4 is 50.7 Å². The highest BCUT2D eigenvalue weighted by atomic mass is 35.5. The summed E-state index contributed by atoms with van der Waals surface area (Å²) in [7, 11) is -4.26. The molecule has 0 unspecified atom stereocenters. The fourth-order valence-electron chi connectivity index (χ4n) is 4.83. The minimum atomic E-state index is -4.26. The highest BCUT2D eigenvalue weighted by Gasteiger charge is 2.35. The van der Waals surface area contributed by atoms with E-state index >= 15 is 0 Å². The van der Waals surface area contributed by atoms with Gasteiger partial charge in [-0.1, -0.05) is 102 Å². The molecule has 7 nitrogen and oxygen atoms in total. The van der Waals surface area contributed by atoms with Crippen LogP contribution in [0.5, 0.6) is 0 Å². The number of hydrogen-bond acceptors (Lipinski definition) is 4. The van der Waals surface area contributed by atoms with Crippen molar-refractivity contribution in [2.45, 2.75) is 57.1 Å². The molecule has 4 aromatic rings. The van der Waals surface area contributed by atoms with Crippen LogP contribution in [0.25, 0.3) is 0 Å². The third kappa shape index (κ3) is 9.33. The molecule has 45 heavy (non-hydrogen) atoms. The summed E-state index contributed by atoms with van der Waals surface area (Å²) >= 11 is 12.6. The second-order valence-electron chi connectivity index (χ2n) is 11.9. The van der Waals surface area contributed by atoms with Crippen molar-refractivity contribution in [1.82, 2.24) is 10.2 Å². The third-order valence-corrected chi connectivity index (χ3v) is 9.21. The van der Waals surface area contributed by atoms with Crippen molar-refractivity contribution in [2.75, 3.05) is 10.8 Å². The van der Waals surface area contributed by atoms with Gasteiger partial charge in [0.05, 0.1) is 10.6 Å². The topological polar surface area (TPSA) is 86.8 Å². The number of benzene rings is 4. The van der Waals surface area contributed by atoms with Crippen molar-refractivity contribution in [3.05, 3.63) is 130 Å². The summed E-state index contributed by atoms with van der Waals surface area (Å²) in [5, 5.41) is 3.45. The molecule has 4 rings (SSSR count). The Morgan fingerprint density at radius 3 is 1.91 bits per heavy atom. The second-order valence-corrected chi connectivity index (χ2v) is 14.6. The maximum atomic E-state index is 14.5. The van der Waals surface area contributed by atoms with Crippen LogP contribution >= 0.6 is 23.2 Å². The summed E-state index contributed by atoms with van der Waals surface area (Å²) in [6.07, 6.45) is 0.217. The summed E-state index contributed by atoms with van der Waals surface area (Å²) in [5.41, 5.74) is 2.23. The third-order valence-electron chi connectivity index (χ3n) is 6.99. The first-order valence-corrected chi connectivity index (χ1v) is 16.7. The Bertz CT molecular complexity index is 1710. The molecule has 0 radical (unpaired) electrons. The molecule has 0 aromatic heterocycles. The normalized spacial score (nSPS) is 12.3. The van der Waals surface area contributed by atoms with Gasteiger partial charge in [0.15, 0.2) is 0 Å². The van der Waals surface area contributed by atoms with Crippen LogP contribution in [0.3, 0.4) is 0 Å². The van der Waals surface area contributed by atoms with Gasteiger partial charge in [-0.2, -0.15) is 0 Å².